The predicted molar refractivity (Wildman–Crippen MR) is 64.2 cm³/mol. The number of ether oxygens (including phenoxy) is 1. The number of rotatable bonds is 6. The molecule has 0 aromatic rings. The van der Waals surface area contributed by atoms with Gasteiger partial charge in [0.05, 0.1) is 12.7 Å². The summed E-state index contributed by atoms with van der Waals surface area (Å²) in [5.74, 6) is 0. The Morgan fingerprint density at radius 3 is 2.87 bits per heavy atom. The quantitative estimate of drug-likeness (QED) is 0.701. The Balaban J connectivity index is 2.09. The molecule has 0 bridgehead atoms. The van der Waals surface area contributed by atoms with Crippen molar-refractivity contribution in [1.82, 2.24) is 10.6 Å². The maximum atomic E-state index is 5.63. The molecule has 0 aromatic heterocycles. The summed E-state index contributed by atoms with van der Waals surface area (Å²) in [6.07, 6.45) is 2.90. The molecular weight excluding hydrogens is 188 g/mol. The topological polar surface area (TPSA) is 33.3 Å². The van der Waals surface area contributed by atoms with Gasteiger partial charge in [-0.2, -0.15) is 0 Å². The second kappa shape index (κ2) is 6.46. The van der Waals surface area contributed by atoms with Gasteiger partial charge in [-0.25, -0.2) is 0 Å². The van der Waals surface area contributed by atoms with Crippen molar-refractivity contribution in [3.63, 3.8) is 0 Å². The molecular formula is C12H26N2O. The minimum Gasteiger partial charge on any atom is -0.374 e. The third kappa shape index (κ3) is 5.50. The van der Waals surface area contributed by atoms with Crippen LogP contribution in [-0.4, -0.2) is 38.9 Å². The molecule has 0 amide bonds. The predicted octanol–water partition coefficient (Wildman–Crippen LogP) is 1.39. The van der Waals surface area contributed by atoms with E-state index in [1.165, 1.54) is 12.8 Å². The fraction of sp³-hybridized carbons (Fsp3) is 1.00. The summed E-state index contributed by atoms with van der Waals surface area (Å²) >= 11 is 0. The highest BCUT2D eigenvalue weighted by atomic mass is 16.5. The first-order chi connectivity index (χ1) is 7.14. The van der Waals surface area contributed by atoms with Crippen molar-refractivity contribution in [2.24, 2.45) is 5.41 Å². The van der Waals surface area contributed by atoms with Gasteiger partial charge in [-0.1, -0.05) is 27.2 Å². The Labute approximate surface area is 94.0 Å². The molecule has 1 aliphatic rings. The maximum Gasteiger partial charge on any atom is 0.0824 e. The summed E-state index contributed by atoms with van der Waals surface area (Å²) in [7, 11) is 0. The highest BCUT2D eigenvalue weighted by Gasteiger charge is 2.18. The van der Waals surface area contributed by atoms with Gasteiger partial charge in [-0.15, -0.1) is 0 Å². The highest BCUT2D eigenvalue weighted by Crippen LogP contribution is 2.20. The first-order valence-corrected chi connectivity index (χ1v) is 6.17. The summed E-state index contributed by atoms with van der Waals surface area (Å²) < 4.78 is 5.63. The zero-order valence-electron chi connectivity index (χ0n) is 10.4. The van der Waals surface area contributed by atoms with Gasteiger partial charge in [-0.05, 0) is 11.8 Å². The zero-order chi connectivity index (χ0) is 11.1. The molecule has 3 nitrogen and oxygen atoms in total. The fourth-order valence-corrected chi connectivity index (χ4v) is 2.09. The Bertz CT molecular complexity index is 165. The monoisotopic (exact) mass is 214 g/mol. The van der Waals surface area contributed by atoms with Gasteiger partial charge in [0.25, 0.3) is 0 Å². The molecule has 0 aromatic carbocycles. The fourth-order valence-electron chi connectivity index (χ4n) is 2.09. The van der Waals surface area contributed by atoms with Crippen LogP contribution in [0.2, 0.25) is 0 Å². The van der Waals surface area contributed by atoms with Crippen LogP contribution >= 0.6 is 0 Å². The van der Waals surface area contributed by atoms with Crippen LogP contribution in [0.25, 0.3) is 0 Å². The van der Waals surface area contributed by atoms with E-state index in [2.05, 4.69) is 31.4 Å². The molecule has 0 spiro atoms. The van der Waals surface area contributed by atoms with Gasteiger partial charge in [0.1, 0.15) is 0 Å². The van der Waals surface area contributed by atoms with Crippen molar-refractivity contribution in [1.29, 1.82) is 0 Å². The molecule has 1 atom stereocenters. The molecule has 15 heavy (non-hydrogen) atoms. The summed E-state index contributed by atoms with van der Waals surface area (Å²) in [6, 6.07) is 0. The van der Waals surface area contributed by atoms with Crippen LogP contribution < -0.4 is 10.6 Å². The van der Waals surface area contributed by atoms with Crippen LogP contribution in [0.3, 0.4) is 0 Å². The molecule has 3 heteroatoms. The van der Waals surface area contributed by atoms with Gasteiger partial charge in [0.15, 0.2) is 0 Å². The first-order valence-electron chi connectivity index (χ1n) is 6.17. The highest BCUT2D eigenvalue weighted by molar-refractivity contribution is 4.74. The molecule has 1 fully saturated rings. The molecule has 1 unspecified atom stereocenters. The molecule has 0 aliphatic carbocycles. The molecule has 2 N–H and O–H groups in total. The standard InChI is InChI=1S/C12H26N2O/c1-4-5-12(2,3)10-14-9-11-8-13-6-7-15-11/h11,13-14H,4-10H2,1-3H3. The van der Waals surface area contributed by atoms with Crippen molar-refractivity contribution in [3.8, 4) is 0 Å². The third-order valence-electron chi connectivity index (χ3n) is 2.91. The number of hydrogen-bond acceptors (Lipinski definition) is 3. The van der Waals surface area contributed by atoms with E-state index in [4.69, 9.17) is 4.74 Å². The normalized spacial score (nSPS) is 23.0. The minimum atomic E-state index is 0.358. The van der Waals surface area contributed by atoms with E-state index in [0.717, 1.165) is 32.8 Å². The van der Waals surface area contributed by atoms with Crippen LogP contribution in [0.5, 0.6) is 0 Å². The van der Waals surface area contributed by atoms with Gasteiger partial charge < -0.3 is 15.4 Å². The van der Waals surface area contributed by atoms with E-state index in [1.807, 2.05) is 0 Å². The zero-order valence-corrected chi connectivity index (χ0v) is 10.4. The number of nitrogens with one attached hydrogen (secondary N) is 2. The van der Waals surface area contributed by atoms with E-state index >= 15 is 0 Å². The number of morpholine rings is 1. The van der Waals surface area contributed by atoms with E-state index in [9.17, 15) is 0 Å². The lowest BCUT2D eigenvalue weighted by Gasteiger charge is -2.28. The van der Waals surface area contributed by atoms with Crippen molar-refractivity contribution in [3.05, 3.63) is 0 Å². The van der Waals surface area contributed by atoms with Crippen molar-refractivity contribution in [2.75, 3.05) is 32.8 Å². The second-order valence-electron chi connectivity index (χ2n) is 5.24. The lowest BCUT2D eigenvalue weighted by Crippen LogP contribution is -2.45. The van der Waals surface area contributed by atoms with Gasteiger partial charge >= 0.3 is 0 Å². The molecule has 90 valence electrons. The average molecular weight is 214 g/mol. The summed E-state index contributed by atoms with van der Waals surface area (Å²) in [6.45, 7) is 11.8. The first kappa shape index (κ1) is 12.9. The summed E-state index contributed by atoms with van der Waals surface area (Å²) in [4.78, 5) is 0. The number of hydrogen-bond donors (Lipinski definition) is 2. The molecule has 1 aliphatic heterocycles. The Hall–Kier alpha value is -0.120. The van der Waals surface area contributed by atoms with Crippen LogP contribution in [0.1, 0.15) is 33.6 Å². The molecule has 1 rings (SSSR count). The third-order valence-corrected chi connectivity index (χ3v) is 2.91. The Morgan fingerprint density at radius 1 is 1.47 bits per heavy atom. The van der Waals surface area contributed by atoms with Crippen LogP contribution in [0.15, 0.2) is 0 Å². The largest absolute Gasteiger partial charge is 0.374 e. The van der Waals surface area contributed by atoms with E-state index in [-0.39, 0.29) is 0 Å². The van der Waals surface area contributed by atoms with Crippen molar-refractivity contribution in [2.45, 2.75) is 39.7 Å². The van der Waals surface area contributed by atoms with Gasteiger partial charge in [0.2, 0.25) is 0 Å². The minimum absolute atomic E-state index is 0.358. The maximum absolute atomic E-state index is 5.63. The SMILES string of the molecule is CCCC(C)(C)CNCC1CNCCO1. The van der Waals surface area contributed by atoms with Crippen LogP contribution in [0, 0.1) is 5.41 Å². The Kier molecular flexibility index (Phi) is 5.58. The van der Waals surface area contributed by atoms with Crippen LogP contribution in [0.4, 0.5) is 0 Å². The van der Waals surface area contributed by atoms with Gasteiger partial charge in [0, 0.05) is 26.2 Å². The van der Waals surface area contributed by atoms with E-state index < -0.39 is 0 Å². The lowest BCUT2D eigenvalue weighted by molar-refractivity contribution is 0.0278. The van der Waals surface area contributed by atoms with Crippen molar-refractivity contribution < 1.29 is 4.74 Å². The van der Waals surface area contributed by atoms with E-state index in [0.29, 0.717) is 11.5 Å². The average Bonchev–Trinajstić information content (AvgIpc) is 2.19. The summed E-state index contributed by atoms with van der Waals surface area (Å²) in [5.41, 5.74) is 0.414. The second-order valence-corrected chi connectivity index (χ2v) is 5.24. The van der Waals surface area contributed by atoms with Crippen LogP contribution in [-0.2, 0) is 4.74 Å². The smallest absolute Gasteiger partial charge is 0.0824 e. The van der Waals surface area contributed by atoms with Gasteiger partial charge in [-0.3, -0.25) is 0 Å². The van der Waals surface area contributed by atoms with E-state index in [1.54, 1.807) is 0 Å². The van der Waals surface area contributed by atoms with Crippen molar-refractivity contribution >= 4 is 0 Å². The summed E-state index contributed by atoms with van der Waals surface area (Å²) in [5, 5.41) is 6.86. The molecule has 0 radical (unpaired) electrons. The Morgan fingerprint density at radius 2 is 2.27 bits per heavy atom. The molecule has 1 heterocycles. The molecule has 1 saturated heterocycles. The lowest BCUT2D eigenvalue weighted by atomic mass is 9.88. The molecule has 0 saturated carbocycles.